The third-order valence-electron chi connectivity index (χ3n) is 6.71. The van der Waals surface area contributed by atoms with Crippen molar-refractivity contribution >= 4 is 17.5 Å². The molecule has 3 aromatic carbocycles. The van der Waals surface area contributed by atoms with E-state index in [1.807, 2.05) is 66.4 Å². The molecule has 6 nitrogen and oxygen atoms in total. The summed E-state index contributed by atoms with van der Waals surface area (Å²) in [6, 6.07) is 23.2. The Morgan fingerprint density at radius 2 is 1.86 bits per heavy atom. The highest BCUT2D eigenvalue weighted by Crippen LogP contribution is 2.39. The molecule has 6 heteroatoms. The summed E-state index contributed by atoms with van der Waals surface area (Å²) in [5, 5.41) is 2.91. The molecule has 0 saturated carbocycles. The van der Waals surface area contributed by atoms with Crippen molar-refractivity contribution in [3.05, 3.63) is 89.5 Å². The molecular formula is C29H30N2O4. The minimum atomic E-state index is -0.523. The van der Waals surface area contributed by atoms with Crippen LogP contribution in [0.1, 0.15) is 48.9 Å². The van der Waals surface area contributed by atoms with Crippen molar-refractivity contribution in [3.8, 4) is 11.5 Å². The maximum Gasteiger partial charge on any atom is 0.264 e. The van der Waals surface area contributed by atoms with Crippen molar-refractivity contribution in [2.75, 3.05) is 11.9 Å². The minimum Gasteiger partial charge on any atom is -0.484 e. The van der Waals surface area contributed by atoms with Gasteiger partial charge in [-0.3, -0.25) is 9.59 Å². The van der Waals surface area contributed by atoms with E-state index in [0.29, 0.717) is 30.2 Å². The monoisotopic (exact) mass is 470 g/mol. The van der Waals surface area contributed by atoms with Gasteiger partial charge < -0.3 is 19.7 Å². The molecule has 0 spiro atoms. The molecule has 35 heavy (non-hydrogen) atoms. The highest BCUT2D eigenvalue weighted by Gasteiger charge is 2.36. The molecule has 0 radical (unpaired) electrons. The molecule has 1 N–H and O–H groups in total. The Morgan fingerprint density at radius 3 is 2.69 bits per heavy atom. The Kier molecular flexibility index (Phi) is 6.70. The SMILES string of the molecule is CC[C@@H]1Oc2ccc(NC(=O)COc3ccccc3)cc2CN([C@@H]2CCCc3ccccc32)C1=O. The van der Waals surface area contributed by atoms with Crippen LogP contribution in [-0.2, 0) is 22.6 Å². The fourth-order valence-electron chi connectivity index (χ4n) is 4.98. The fourth-order valence-corrected chi connectivity index (χ4v) is 4.98. The Bertz CT molecular complexity index is 1210. The number of benzene rings is 3. The molecule has 0 saturated heterocycles. The Hall–Kier alpha value is -3.80. The number of nitrogens with one attached hydrogen (secondary N) is 1. The second-order valence-electron chi connectivity index (χ2n) is 9.06. The largest absolute Gasteiger partial charge is 0.484 e. The lowest BCUT2D eigenvalue weighted by molar-refractivity contribution is -0.141. The molecule has 5 rings (SSSR count). The summed E-state index contributed by atoms with van der Waals surface area (Å²) in [6.07, 6.45) is 3.10. The quantitative estimate of drug-likeness (QED) is 0.532. The van der Waals surface area contributed by atoms with Gasteiger partial charge >= 0.3 is 0 Å². The number of nitrogens with zero attached hydrogens (tertiary/aromatic N) is 1. The van der Waals surface area contributed by atoms with Gasteiger partial charge in [0, 0.05) is 11.3 Å². The summed E-state index contributed by atoms with van der Waals surface area (Å²) in [5.74, 6) is 1.11. The molecule has 1 aliphatic heterocycles. The zero-order chi connectivity index (χ0) is 24.2. The predicted octanol–water partition coefficient (Wildman–Crippen LogP) is 5.28. The Labute approximate surface area is 205 Å². The molecule has 0 fully saturated rings. The van der Waals surface area contributed by atoms with Crippen LogP contribution in [0.3, 0.4) is 0 Å². The third-order valence-corrected chi connectivity index (χ3v) is 6.71. The van der Waals surface area contributed by atoms with E-state index < -0.39 is 6.10 Å². The molecule has 2 aliphatic rings. The Balaban J connectivity index is 1.37. The van der Waals surface area contributed by atoms with Gasteiger partial charge in [0.1, 0.15) is 11.5 Å². The van der Waals surface area contributed by atoms with E-state index in [9.17, 15) is 9.59 Å². The summed E-state index contributed by atoms with van der Waals surface area (Å²) in [6.45, 7) is 2.33. The zero-order valence-electron chi connectivity index (χ0n) is 19.9. The number of para-hydroxylation sites is 1. The van der Waals surface area contributed by atoms with E-state index in [4.69, 9.17) is 9.47 Å². The average Bonchev–Trinajstić information content (AvgIpc) is 3.03. The van der Waals surface area contributed by atoms with E-state index in [-0.39, 0.29) is 24.5 Å². The van der Waals surface area contributed by atoms with Gasteiger partial charge in [-0.15, -0.1) is 0 Å². The van der Waals surface area contributed by atoms with E-state index in [0.717, 1.165) is 24.8 Å². The molecular weight excluding hydrogens is 440 g/mol. The molecule has 2 atom stereocenters. The first-order chi connectivity index (χ1) is 17.1. The second-order valence-corrected chi connectivity index (χ2v) is 9.06. The van der Waals surface area contributed by atoms with Gasteiger partial charge in [0.15, 0.2) is 12.7 Å². The number of rotatable bonds is 6. The summed E-state index contributed by atoms with van der Waals surface area (Å²) < 4.78 is 11.7. The van der Waals surface area contributed by atoms with Crippen molar-refractivity contribution in [1.82, 2.24) is 4.90 Å². The molecule has 1 heterocycles. The molecule has 2 amide bonds. The van der Waals surface area contributed by atoms with Crippen LogP contribution in [0.2, 0.25) is 0 Å². The van der Waals surface area contributed by atoms with Crippen molar-refractivity contribution in [2.24, 2.45) is 0 Å². The van der Waals surface area contributed by atoms with Crippen molar-refractivity contribution in [3.63, 3.8) is 0 Å². The molecule has 0 bridgehead atoms. The minimum absolute atomic E-state index is 0.0206. The van der Waals surface area contributed by atoms with Crippen LogP contribution in [0.4, 0.5) is 5.69 Å². The molecule has 0 unspecified atom stereocenters. The topological polar surface area (TPSA) is 67.9 Å². The number of carbonyl (C=O) groups is 2. The number of hydrogen-bond donors (Lipinski definition) is 1. The lowest BCUT2D eigenvalue weighted by Crippen LogP contribution is -2.42. The average molecular weight is 471 g/mol. The van der Waals surface area contributed by atoms with Gasteiger partial charge in [0.25, 0.3) is 11.8 Å². The van der Waals surface area contributed by atoms with Gasteiger partial charge in [0.05, 0.1) is 12.6 Å². The van der Waals surface area contributed by atoms with Gasteiger partial charge in [-0.2, -0.15) is 0 Å². The summed E-state index contributed by atoms with van der Waals surface area (Å²) in [7, 11) is 0. The van der Waals surface area contributed by atoms with Gasteiger partial charge in [0.2, 0.25) is 0 Å². The zero-order valence-corrected chi connectivity index (χ0v) is 19.9. The number of amides is 2. The highest BCUT2D eigenvalue weighted by atomic mass is 16.5. The third kappa shape index (κ3) is 5.02. The van der Waals surface area contributed by atoms with Crippen LogP contribution in [0.25, 0.3) is 0 Å². The van der Waals surface area contributed by atoms with Crippen LogP contribution >= 0.6 is 0 Å². The van der Waals surface area contributed by atoms with E-state index in [1.165, 1.54) is 11.1 Å². The Morgan fingerprint density at radius 1 is 1.06 bits per heavy atom. The normalized spacial score (nSPS) is 19.1. The first-order valence-corrected chi connectivity index (χ1v) is 12.3. The van der Waals surface area contributed by atoms with Crippen LogP contribution in [0.15, 0.2) is 72.8 Å². The molecule has 3 aromatic rings. The number of aryl methyl sites for hydroxylation is 1. The second kappa shape index (κ2) is 10.2. The van der Waals surface area contributed by atoms with Gasteiger partial charge in [-0.1, -0.05) is 49.4 Å². The smallest absolute Gasteiger partial charge is 0.264 e. The van der Waals surface area contributed by atoms with E-state index in [2.05, 4.69) is 23.5 Å². The number of fused-ring (bicyclic) bond motifs is 2. The van der Waals surface area contributed by atoms with Crippen LogP contribution < -0.4 is 14.8 Å². The number of ether oxygens (including phenoxy) is 2. The lowest BCUT2D eigenvalue weighted by Gasteiger charge is -2.36. The van der Waals surface area contributed by atoms with E-state index >= 15 is 0 Å². The van der Waals surface area contributed by atoms with Crippen molar-refractivity contribution in [2.45, 2.75) is 51.3 Å². The van der Waals surface area contributed by atoms with Crippen LogP contribution in [0.5, 0.6) is 11.5 Å². The highest BCUT2D eigenvalue weighted by molar-refractivity contribution is 5.92. The van der Waals surface area contributed by atoms with Crippen molar-refractivity contribution in [1.29, 1.82) is 0 Å². The summed E-state index contributed by atoms with van der Waals surface area (Å²) >= 11 is 0. The molecule has 1 aliphatic carbocycles. The van der Waals surface area contributed by atoms with Gasteiger partial charge in [-0.25, -0.2) is 0 Å². The predicted molar refractivity (Wildman–Crippen MR) is 134 cm³/mol. The van der Waals surface area contributed by atoms with Crippen molar-refractivity contribution < 1.29 is 19.1 Å². The maximum atomic E-state index is 13.6. The first-order valence-electron chi connectivity index (χ1n) is 12.3. The molecule has 0 aromatic heterocycles. The maximum absolute atomic E-state index is 13.6. The fraction of sp³-hybridized carbons (Fsp3) is 0.310. The van der Waals surface area contributed by atoms with E-state index in [1.54, 1.807) is 0 Å². The number of anilines is 1. The first kappa shape index (κ1) is 23.0. The van der Waals surface area contributed by atoms with Gasteiger partial charge in [-0.05, 0) is 67.1 Å². The number of hydrogen-bond acceptors (Lipinski definition) is 4. The lowest BCUT2D eigenvalue weighted by atomic mass is 9.86. The standard InChI is InChI=1S/C29H30N2O4/c1-2-26-29(33)31(25-14-8-10-20-9-6-7-13-24(20)25)18-21-17-22(15-16-27(21)35-26)30-28(32)19-34-23-11-4-3-5-12-23/h3-7,9,11-13,15-17,25-26H,2,8,10,14,18-19H2,1H3,(H,30,32)/t25-,26+/m1/s1. The summed E-state index contributed by atoms with van der Waals surface area (Å²) in [5.41, 5.74) is 4.09. The van der Waals surface area contributed by atoms with Crippen LogP contribution in [-0.4, -0.2) is 29.4 Å². The van der Waals surface area contributed by atoms with Crippen LogP contribution in [0, 0.1) is 0 Å². The summed E-state index contributed by atoms with van der Waals surface area (Å²) in [4.78, 5) is 28.0. The number of carbonyl (C=O) groups excluding carboxylic acids is 2. The molecule has 180 valence electrons.